The molecule has 0 radical (unpaired) electrons. The van der Waals surface area contributed by atoms with Gasteiger partial charge in [0.25, 0.3) is 0 Å². The van der Waals surface area contributed by atoms with Crippen molar-refractivity contribution in [1.29, 1.82) is 0 Å². The van der Waals surface area contributed by atoms with E-state index in [0.717, 1.165) is 65.3 Å². The minimum absolute atomic E-state index is 0.334. The van der Waals surface area contributed by atoms with Gasteiger partial charge in [-0.2, -0.15) is 5.10 Å². The van der Waals surface area contributed by atoms with Crippen LogP contribution in [0.3, 0.4) is 0 Å². The fraction of sp³-hybridized carbons (Fsp3) is 0.308. The zero-order valence-electron chi connectivity index (χ0n) is 20.2. The van der Waals surface area contributed by atoms with Crippen LogP contribution in [0.25, 0.3) is 44.5 Å². The Kier molecular flexibility index (Phi) is 5.33. The van der Waals surface area contributed by atoms with Gasteiger partial charge in [0.2, 0.25) is 0 Å². The first-order valence-corrected chi connectivity index (χ1v) is 12.0. The van der Waals surface area contributed by atoms with Gasteiger partial charge in [0, 0.05) is 72.7 Å². The second-order valence-corrected chi connectivity index (χ2v) is 9.55. The lowest BCUT2D eigenvalue weighted by atomic mass is 10.1. The molecule has 0 aliphatic carbocycles. The Morgan fingerprint density at radius 1 is 0.886 bits per heavy atom. The molecular formula is C26H29N9. The third kappa shape index (κ3) is 4.08. The van der Waals surface area contributed by atoms with E-state index in [0.29, 0.717) is 11.7 Å². The van der Waals surface area contributed by atoms with Crippen LogP contribution in [0.2, 0.25) is 0 Å². The maximum Gasteiger partial charge on any atom is 0.181 e. The number of aromatic amines is 2. The quantitative estimate of drug-likeness (QED) is 0.357. The highest BCUT2D eigenvalue weighted by atomic mass is 15.3. The highest BCUT2D eigenvalue weighted by Crippen LogP contribution is 2.34. The predicted molar refractivity (Wildman–Crippen MR) is 141 cm³/mol. The molecular weight excluding hydrogens is 438 g/mol. The molecule has 1 fully saturated rings. The average molecular weight is 468 g/mol. The zero-order valence-corrected chi connectivity index (χ0v) is 20.2. The molecule has 35 heavy (non-hydrogen) atoms. The summed E-state index contributed by atoms with van der Waals surface area (Å²) in [5.74, 6) is 0. The van der Waals surface area contributed by atoms with Crippen LogP contribution in [0.4, 0.5) is 11.4 Å². The topological polar surface area (TPSA) is 102 Å². The van der Waals surface area contributed by atoms with E-state index < -0.39 is 0 Å². The van der Waals surface area contributed by atoms with E-state index in [1.807, 2.05) is 31.0 Å². The molecule has 0 atom stereocenters. The molecule has 178 valence electrons. The Morgan fingerprint density at radius 3 is 2.51 bits per heavy atom. The van der Waals surface area contributed by atoms with Crippen LogP contribution >= 0.6 is 0 Å². The Hall–Kier alpha value is -3.98. The van der Waals surface area contributed by atoms with Crippen LogP contribution in [-0.2, 0) is 0 Å². The van der Waals surface area contributed by atoms with E-state index >= 15 is 0 Å². The number of likely N-dealkylation sites (N-methyl/N-ethyl adjacent to an activating group) is 1. The number of anilines is 2. The van der Waals surface area contributed by atoms with Gasteiger partial charge in [-0.25, -0.2) is 4.98 Å². The summed E-state index contributed by atoms with van der Waals surface area (Å²) < 4.78 is 0. The normalized spacial score (nSPS) is 14.9. The van der Waals surface area contributed by atoms with Gasteiger partial charge in [-0.1, -0.05) is 0 Å². The first-order valence-electron chi connectivity index (χ1n) is 12.0. The highest BCUT2D eigenvalue weighted by molar-refractivity contribution is 5.99. The van der Waals surface area contributed by atoms with Gasteiger partial charge in [0.05, 0.1) is 40.7 Å². The number of H-pyrrole nitrogens is 2. The van der Waals surface area contributed by atoms with Crippen LogP contribution in [0.5, 0.6) is 0 Å². The summed E-state index contributed by atoms with van der Waals surface area (Å²) in [6.45, 7) is 8.33. The standard InChI is InChI=1S/C26H29N9/c1-16(2)30-19-8-17(11-27-13-19)18-9-21-25(32-33-26(21)29-12-18)22-10-20-23(31-22)14-28-15-24(20)35-6-4-34(3)5-7-35/h8-16,30-31H,4-7H2,1-3H3,(H,29,32,33). The first kappa shape index (κ1) is 21.5. The number of rotatable bonds is 5. The Labute approximate surface area is 203 Å². The maximum absolute atomic E-state index is 4.62. The average Bonchev–Trinajstić information content (AvgIpc) is 3.48. The SMILES string of the molecule is CC(C)Nc1cncc(-c2cnc3n[nH]c(-c4cc5c(N6CCN(C)CC6)cncc5[nH]4)c3c2)c1. The fourth-order valence-corrected chi connectivity index (χ4v) is 4.74. The third-order valence-corrected chi connectivity index (χ3v) is 6.57. The Bertz CT molecular complexity index is 1490. The molecule has 1 aliphatic rings. The molecule has 1 saturated heterocycles. The van der Waals surface area contributed by atoms with Crippen LogP contribution in [0, 0.1) is 0 Å². The lowest BCUT2D eigenvalue weighted by Gasteiger charge is -2.34. The van der Waals surface area contributed by atoms with Crippen LogP contribution in [0.1, 0.15) is 13.8 Å². The Morgan fingerprint density at radius 2 is 1.69 bits per heavy atom. The zero-order chi connectivity index (χ0) is 23.9. The van der Waals surface area contributed by atoms with E-state index in [9.17, 15) is 0 Å². The molecule has 9 heteroatoms. The van der Waals surface area contributed by atoms with Crippen molar-refractivity contribution in [2.75, 3.05) is 43.4 Å². The third-order valence-electron chi connectivity index (χ3n) is 6.57. The summed E-state index contributed by atoms with van der Waals surface area (Å²) in [6.07, 6.45) is 9.42. The van der Waals surface area contributed by atoms with Crippen molar-refractivity contribution in [3.8, 4) is 22.5 Å². The van der Waals surface area contributed by atoms with Crippen molar-refractivity contribution < 1.29 is 0 Å². The van der Waals surface area contributed by atoms with Crippen molar-refractivity contribution in [1.82, 2.24) is 35.0 Å². The van der Waals surface area contributed by atoms with Crippen LogP contribution < -0.4 is 10.2 Å². The number of piperazine rings is 1. The molecule has 9 nitrogen and oxygen atoms in total. The molecule has 3 N–H and O–H groups in total. The summed E-state index contributed by atoms with van der Waals surface area (Å²) >= 11 is 0. The smallest absolute Gasteiger partial charge is 0.181 e. The van der Waals surface area contributed by atoms with E-state index in [2.05, 4.69) is 84.3 Å². The number of hydrogen-bond donors (Lipinski definition) is 3. The van der Waals surface area contributed by atoms with Crippen molar-refractivity contribution in [2.24, 2.45) is 0 Å². The van der Waals surface area contributed by atoms with Gasteiger partial charge in [-0.15, -0.1) is 0 Å². The van der Waals surface area contributed by atoms with E-state index in [1.165, 1.54) is 11.1 Å². The molecule has 6 heterocycles. The predicted octanol–water partition coefficient (Wildman–Crippen LogP) is 4.14. The van der Waals surface area contributed by atoms with Crippen molar-refractivity contribution in [3.05, 3.63) is 49.2 Å². The van der Waals surface area contributed by atoms with Gasteiger partial charge in [0.15, 0.2) is 5.65 Å². The van der Waals surface area contributed by atoms with Crippen molar-refractivity contribution in [2.45, 2.75) is 19.9 Å². The summed E-state index contributed by atoms with van der Waals surface area (Å²) in [5.41, 5.74) is 7.75. The molecule has 0 amide bonds. The number of nitrogens with one attached hydrogen (secondary N) is 3. The molecule has 5 aromatic rings. The number of nitrogens with zero attached hydrogens (tertiary/aromatic N) is 6. The van der Waals surface area contributed by atoms with Gasteiger partial charge >= 0.3 is 0 Å². The molecule has 0 saturated carbocycles. The van der Waals surface area contributed by atoms with Gasteiger partial charge < -0.3 is 20.1 Å². The largest absolute Gasteiger partial charge is 0.382 e. The molecule has 0 bridgehead atoms. The summed E-state index contributed by atoms with van der Waals surface area (Å²) in [4.78, 5) is 21.9. The summed E-state index contributed by atoms with van der Waals surface area (Å²) in [6, 6.07) is 6.76. The molecule has 0 unspecified atom stereocenters. The number of fused-ring (bicyclic) bond motifs is 2. The van der Waals surface area contributed by atoms with Gasteiger partial charge in [-0.3, -0.25) is 15.1 Å². The van der Waals surface area contributed by atoms with Crippen LogP contribution in [-0.4, -0.2) is 74.3 Å². The lowest BCUT2D eigenvalue weighted by Crippen LogP contribution is -2.44. The highest BCUT2D eigenvalue weighted by Gasteiger charge is 2.19. The molecule has 0 spiro atoms. The van der Waals surface area contributed by atoms with Gasteiger partial charge in [0.1, 0.15) is 0 Å². The minimum Gasteiger partial charge on any atom is -0.382 e. The summed E-state index contributed by atoms with van der Waals surface area (Å²) in [7, 11) is 2.17. The van der Waals surface area contributed by atoms with E-state index in [1.54, 1.807) is 0 Å². The van der Waals surface area contributed by atoms with Crippen molar-refractivity contribution in [3.63, 3.8) is 0 Å². The molecule has 1 aliphatic heterocycles. The molecule has 0 aromatic carbocycles. The monoisotopic (exact) mass is 467 g/mol. The molecule has 6 rings (SSSR count). The van der Waals surface area contributed by atoms with Gasteiger partial charge in [-0.05, 0) is 39.1 Å². The second kappa shape index (κ2) is 8.66. The van der Waals surface area contributed by atoms with E-state index in [-0.39, 0.29) is 0 Å². The minimum atomic E-state index is 0.334. The Balaban J connectivity index is 1.39. The second-order valence-electron chi connectivity index (χ2n) is 9.55. The number of pyridine rings is 3. The lowest BCUT2D eigenvalue weighted by molar-refractivity contribution is 0.313. The molecule has 5 aromatic heterocycles. The maximum atomic E-state index is 4.62. The van der Waals surface area contributed by atoms with Crippen LogP contribution in [0.15, 0.2) is 49.2 Å². The van der Waals surface area contributed by atoms with E-state index in [4.69, 9.17) is 0 Å². The first-order chi connectivity index (χ1) is 17.0. The summed E-state index contributed by atoms with van der Waals surface area (Å²) in [5, 5.41) is 13.2. The number of hydrogen-bond acceptors (Lipinski definition) is 7. The van der Waals surface area contributed by atoms with Crippen molar-refractivity contribution >= 4 is 33.3 Å². The number of aromatic nitrogens is 6. The fourth-order valence-electron chi connectivity index (χ4n) is 4.74.